The second-order valence-corrected chi connectivity index (χ2v) is 3.88. The van der Waals surface area contributed by atoms with E-state index in [0.717, 1.165) is 24.3 Å². The van der Waals surface area contributed by atoms with E-state index < -0.39 is 29.0 Å². The number of benzene rings is 2. The Balaban J connectivity index is 2.21. The van der Waals surface area contributed by atoms with Crippen molar-refractivity contribution in [3.8, 4) is 5.75 Å². The number of nitrogens with one attached hydrogen (secondary N) is 1. The molecule has 0 spiro atoms. The lowest BCUT2D eigenvalue weighted by molar-refractivity contribution is 0.466. The highest BCUT2D eigenvalue weighted by molar-refractivity contribution is 5.47. The fraction of sp³-hybridized carbons (Fsp3) is 0.0769. The van der Waals surface area contributed by atoms with Crippen LogP contribution in [0.5, 0.6) is 5.75 Å². The van der Waals surface area contributed by atoms with Crippen molar-refractivity contribution in [2.24, 2.45) is 0 Å². The van der Waals surface area contributed by atoms with E-state index in [-0.39, 0.29) is 17.9 Å². The zero-order valence-corrected chi connectivity index (χ0v) is 9.55. The summed E-state index contributed by atoms with van der Waals surface area (Å²) in [7, 11) is 0. The first-order valence-corrected chi connectivity index (χ1v) is 5.33. The largest absolute Gasteiger partial charge is 0.508 e. The van der Waals surface area contributed by atoms with E-state index >= 15 is 0 Å². The van der Waals surface area contributed by atoms with Gasteiger partial charge in [-0.05, 0) is 18.2 Å². The van der Waals surface area contributed by atoms with Crippen LogP contribution in [0.2, 0.25) is 0 Å². The zero-order valence-electron chi connectivity index (χ0n) is 9.55. The minimum absolute atomic E-state index is 0.143. The average Bonchev–Trinajstić information content (AvgIpc) is 2.35. The summed E-state index contributed by atoms with van der Waals surface area (Å²) < 4.78 is 52.1. The summed E-state index contributed by atoms with van der Waals surface area (Å²) in [5.41, 5.74) is -0.259. The summed E-state index contributed by atoms with van der Waals surface area (Å²) in [6.07, 6.45) is 0. The molecular weight excluding hydrogens is 262 g/mol. The summed E-state index contributed by atoms with van der Waals surface area (Å²) in [6.45, 7) is -0.177. The molecule has 0 radical (unpaired) electrons. The number of halogens is 4. The van der Waals surface area contributed by atoms with Crippen molar-refractivity contribution < 1.29 is 22.7 Å². The molecule has 0 aliphatic carbocycles. The summed E-state index contributed by atoms with van der Waals surface area (Å²) in [5, 5.41) is 11.8. The van der Waals surface area contributed by atoms with Crippen molar-refractivity contribution >= 4 is 5.69 Å². The van der Waals surface area contributed by atoms with Crippen LogP contribution < -0.4 is 5.32 Å². The molecule has 0 bridgehead atoms. The van der Waals surface area contributed by atoms with Gasteiger partial charge >= 0.3 is 0 Å². The molecule has 0 aliphatic rings. The van der Waals surface area contributed by atoms with Gasteiger partial charge in [0.1, 0.15) is 17.4 Å². The highest BCUT2D eigenvalue weighted by Crippen LogP contribution is 2.22. The van der Waals surface area contributed by atoms with Crippen LogP contribution >= 0.6 is 0 Å². The van der Waals surface area contributed by atoms with Crippen molar-refractivity contribution in [2.45, 2.75) is 6.54 Å². The average molecular weight is 271 g/mol. The van der Waals surface area contributed by atoms with Gasteiger partial charge in [-0.15, -0.1) is 0 Å². The number of rotatable bonds is 3. The number of aromatic hydroxyl groups is 1. The molecule has 2 aromatic rings. The van der Waals surface area contributed by atoms with Crippen LogP contribution in [-0.4, -0.2) is 5.11 Å². The maximum atomic E-state index is 13.3. The molecule has 0 atom stereocenters. The Kier molecular flexibility index (Phi) is 3.59. The molecule has 0 saturated carbocycles. The molecule has 0 unspecified atom stereocenters. The highest BCUT2D eigenvalue weighted by atomic mass is 19.2. The van der Waals surface area contributed by atoms with Crippen molar-refractivity contribution in [2.75, 3.05) is 5.32 Å². The summed E-state index contributed by atoms with van der Waals surface area (Å²) in [6, 6.07) is 4.42. The molecule has 0 saturated heterocycles. The van der Waals surface area contributed by atoms with Crippen molar-refractivity contribution in [3.05, 3.63) is 59.2 Å². The lowest BCUT2D eigenvalue weighted by Crippen LogP contribution is -2.04. The van der Waals surface area contributed by atoms with Crippen LogP contribution in [0.3, 0.4) is 0 Å². The van der Waals surface area contributed by atoms with E-state index in [0.29, 0.717) is 6.07 Å². The maximum Gasteiger partial charge on any atom is 0.182 e. The molecule has 19 heavy (non-hydrogen) atoms. The molecule has 2 nitrogen and oxygen atoms in total. The van der Waals surface area contributed by atoms with E-state index in [1.54, 1.807) is 0 Å². The monoisotopic (exact) mass is 271 g/mol. The van der Waals surface area contributed by atoms with Crippen LogP contribution in [0.25, 0.3) is 0 Å². The standard InChI is InChI=1S/C13H9F4NO/c14-8-1-2-12(19)7(3-8)6-18-11-5-9(15)4-10(16)13(11)17/h1-5,18-19H,6H2. The Morgan fingerprint density at radius 2 is 1.68 bits per heavy atom. The third-order valence-electron chi connectivity index (χ3n) is 2.50. The lowest BCUT2D eigenvalue weighted by Gasteiger charge is -2.09. The third kappa shape index (κ3) is 2.96. The van der Waals surface area contributed by atoms with Crippen LogP contribution in [0.1, 0.15) is 5.56 Å². The molecule has 0 fully saturated rings. The Bertz CT molecular complexity index is 616. The predicted molar refractivity (Wildman–Crippen MR) is 61.7 cm³/mol. The molecule has 0 heterocycles. The van der Waals surface area contributed by atoms with Gasteiger partial charge in [-0.2, -0.15) is 0 Å². The number of hydrogen-bond acceptors (Lipinski definition) is 2. The van der Waals surface area contributed by atoms with Gasteiger partial charge in [-0.1, -0.05) is 0 Å². The van der Waals surface area contributed by atoms with Gasteiger partial charge in [0.05, 0.1) is 5.69 Å². The van der Waals surface area contributed by atoms with Gasteiger partial charge < -0.3 is 10.4 Å². The van der Waals surface area contributed by atoms with Gasteiger partial charge in [-0.3, -0.25) is 0 Å². The van der Waals surface area contributed by atoms with Gasteiger partial charge in [0.2, 0.25) is 0 Å². The minimum Gasteiger partial charge on any atom is -0.508 e. The fourth-order valence-electron chi connectivity index (χ4n) is 1.57. The predicted octanol–water partition coefficient (Wildman–Crippen LogP) is 3.56. The van der Waals surface area contributed by atoms with E-state index in [1.165, 1.54) is 0 Å². The molecule has 0 aliphatic heterocycles. The summed E-state index contributed by atoms with van der Waals surface area (Å²) >= 11 is 0. The topological polar surface area (TPSA) is 32.3 Å². The first-order valence-electron chi connectivity index (χ1n) is 5.33. The Hall–Kier alpha value is -2.24. The van der Waals surface area contributed by atoms with Crippen molar-refractivity contribution in [1.82, 2.24) is 0 Å². The number of hydrogen-bond donors (Lipinski definition) is 2. The molecule has 100 valence electrons. The van der Waals surface area contributed by atoms with E-state index in [4.69, 9.17) is 0 Å². The van der Waals surface area contributed by atoms with Gasteiger partial charge in [-0.25, -0.2) is 17.6 Å². The lowest BCUT2D eigenvalue weighted by atomic mass is 10.2. The Morgan fingerprint density at radius 1 is 0.947 bits per heavy atom. The molecule has 2 aromatic carbocycles. The van der Waals surface area contributed by atoms with Crippen molar-refractivity contribution in [3.63, 3.8) is 0 Å². The van der Waals surface area contributed by atoms with Crippen LogP contribution in [-0.2, 0) is 6.54 Å². The third-order valence-corrected chi connectivity index (χ3v) is 2.50. The number of anilines is 1. The SMILES string of the molecule is Oc1ccc(F)cc1CNc1cc(F)cc(F)c1F. The maximum absolute atomic E-state index is 13.3. The molecule has 2 N–H and O–H groups in total. The van der Waals surface area contributed by atoms with E-state index in [1.807, 2.05) is 0 Å². The highest BCUT2D eigenvalue weighted by Gasteiger charge is 2.11. The minimum atomic E-state index is -1.33. The fourth-order valence-corrected chi connectivity index (χ4v) is 1.57. The molecule has 0 aromatic heterocycles. The smallest absolute Gasteiger partial charge is 0.182 e. The number of phenols is 1. The summed E-state index contributed by atoms with van der Waals surface area (Å²) in [4.78, 5) is 0. The Morgan fingerprint density at radius 3 is 2.42 bits per heavy atom. The van der Waals surface area contributed by atoms with Gasteiger partial charge in [0.15, 0.2) is 11.6 Å². The first kappa shape index (κ1) is 13.2. The van der Waals surface area contributed by atoms with Crippen LogP contribution in [0.15, 0.2) is 30.3 Å². The van der Waals surface area contributed by atoms with E-state index in [2.05, 4.69) is 5.32 Å². The number of phenolic OH excluding ortho intramolecular Hbond substituents is 1. The molecule has 0 amide bonds. The Labute approximate surface area is 106 Å². The quantitative estimate of drug-likeness (QED) is 0.661. The second kappa shape index (κ2) is 5.17. The molecule has 2 rings (SSSR count). The van der Waals surface area contributed by atoms with Crippen molar-refractivity contribution in [1.29, 1.82) is 0 Å². The zero-order chi connectivity index (χ0) is 14.0. The molecular formula is C13H9F4NO. The van der Waals surface area contributed by atoms with Crippen LogP contribution in [0, 0.1) is 23.3 Å². The van der Waals surface area contributed by atoms with E-state index in [9.17, 15) is 22.7 Å². The first-order chi connectivity index (χ1) is 8.97. The summed E-state index contributed by atoms with van der Waals surface area (Å²) in [5.74, 6) is -4.29. The second-order valence-electron chi connectivity index (χ2n) is 3.88. The van der Waals surface area contributed by atoms with Crippen LogP contribution in [0.4, 0.5) is 23.2 Å². The normalized spacial score (nSPS) is 10.5. The molecule has 6 heteroatoms. The van der Waals surface area contributed by atoms with Gasteiger partial charge in [0, 0.05) is 24.2 Å². The van der Waals surface area contributed by atoms with Gasteiger partial charge in [0.25, 0.3) is 0 Å².